The molecule has 1 atom stereocenters. The molecule has 1 aliphatic rings. The maximum atomic E-state index is 13.3. The molecular weight excluding hydrogens is 446 g/mol. The predicted octanol–water partition coefficient (Wildman–Crippen LogP) is 4.97. The number of carbonyl (C=O) groups is 2. The second kappa shape index (κ2) is 10.9. The summed E-state index contributed by atoms with van der Waals surface area (Å²) in [6.07, 6.45) is 0. The van der Waals surface area contributed by atoms with Gasteiger partial charge >= 0.3 is 11.9 Å². The van der Waals surface area contributed by atoms with E-state index in [1.807, 2.05) is 53.7 Å². The highest BCUT2D eigenvalue weighted by molar-refractivity contribution is 6.00. The standard InChI is InChI=1S/C28H41NO6/c1-11-34-25(31)21-16(2)29-17(3)22(26(32)35-13-12-33-10)23(21)18-14-19(27(4,5)6)24(30)20(15-18)28(7,8)9/h14-15,23,29-30H,11-13H2,1-10H3/t23-/m0/s1. The third-order valence-electron chi connectivity index (χ3n) is 6.08. The number of dihydropyridines is 1. The Kier molecular flexibility index (Phi) is 8.82. The SMILES string of the molecule is CCOC(=O)C1=C(C)NC(C)=C(C(=O)OCCOC)[C@H]1c1cc(C(C)(C)C)c(O)c(C(C)(C)C)c1. The van der Waals surface area contributed by atoms with E-state index >= 15 is 0 Å². The first kappa shape index (κ1) is 28.4. The van der Waals surface area contributed by atoms with Crippen molar-refractivity contribution < 1.29 is 28.9 Å². The van der Waals surface area contributed by atoms with Gasteiger partial charge < -0.3 is 24.6 Å². The van der Waals surface area contributed by atoms with Crippen molar-refractivity contribution in [3.05, 3.63) is 51.4 Å². The molecular formula is C28H41NO6. The van der Waals surface area contributed by atoms with Gasteiger partial charge in [0.05, 0.1) is 30.3 Å². The molecule has 1 aromatic rings. The Hall–Kier alpha value is -2.80. The van der Waals surface area contributed by atoms with Gasteiger partial charge in [-0.25, -0.2) is 9.59 Å². The molecule has 0 aromatic heterocycles. The molecule has 1 heterocycles. The van der Waals surface area contributed by atoms with Crippen molar-refractivity contribution >= 4 is 11.9 Å². The largest absolute Gasteiger partial charge is 0.507 e. The first-order chi connectivity index (χ1) is 16.1. The fourth-order valence-corrected chi connectivity index (χ4v) is 4.34. The van der Waals surface area contributed by atoms with Gasteiger partial charge in [0.25, 0.3) is 0 Å². The summed E-state index contributed by atoms with van der Waals surface area (Å²) in [6, 6.07) is 3.78. The molecule has 1 aliphatic heterocycles. The number of nitrogens with one attached hydrogen (secondary N) is 1. The van der Waals surface area contributed by atoms with Gasteiger partial charge in [-0.3, -0.25) is 0 Å². The van der Waals surface area contributed by atoms with Crippen LogP contribution in [0.15, 0.2) is 34.7 Å². The predicted molar refractivity (Wildman–Crippen MR) is 136 cm³/mol. The molecule has 0 saturated carbocycles. The zero-order chi connectivity index (χ0) is 26.7. The third kappa shape index (κ3) is 6.26. The molecule has 7 heteroatoms. The monoisotopic (exact) mass is 487 g/mol. The minimum Gasteiger partial charge on any atom is -0.507 e. The smallest absolute Gasteiger partial charge is 0.336 e. The van der Waals surface area contributed by atoms with Crippen molar-refractivity contribution in [3.63, 3.8) is 0 Å². The van der Waals surface area contributed by atoms with Crippen LogP contribution in [0.3, 0.4) is 0 Å². The number of carbonyl (C=O) groups excluding carboxylic acids is 2. The molecule has 0 amide bonds. The maximum Gasteiger partial charge on any atom is 0.336 e. The van der Waals surface area contributed by atoms with Crippen LogP contribution in [0.1, 0.15) is 84.9 Å². The Morgan fingerprint density at radius 2 is 1.34 bits per heavy atom. The highest BCUT2D eigenvalue weighted by atomic mass is 16.6. The van der Waals surface area contributed by atoms with E-state index in [0.29, 0.717) is 22.5 Å². The summed E-state index contributed by atoms with van der Waals surface area (Å²) in [7, 11) is 1.53. The lowest BCUT2D eigenvalue weighted by atomic mass is 9.73. The van der Waals surface area contributed by atoms with E-state index in [9.17, 15) is 14.7 Å². The number of esters is 2. The maximum absolute atomic E-state index is 13.3. The summed E-state index contributed by atoms with van der Waals surface area (Å²) in [4.78, 5) is 26.5. The Bertz CT molecular complexity index is 1000. The van der Waals surface area contributed by atoms with Crippen LogP contribution in [0.5, 0.6) is 5.75 Å². The molecule has 0 bridgehead atoms. The van der Waals surface area contributed by atoms with E-state index in [0.717, 1.165) is 16.7 Å². The fourth-order valence-electron chi connectivity index (χ4n) is 4.34. The second-order valence-electron chi connectivity index (χ2n) is 10.9. The highest BCUT2D eigenvalue weighted by Crippen LogP contribution is 2.45. The van der Waals surface area contributed by atoms with Gasteiger partial charge in [0, 0.05) is 18.5 Å². The molecule has 2 rings (SSSR count). The molecule has 0 aliphatic carbocycles. The van der Waals surface area contributed by atoms with Gasteiger partial charge in [-0.2, -0.15) is 0 Å². The topological polar surface area (TPSA) is 94.1 Å². The van der Waals surface area contributed by atoms with E-state index in [2.05, 4.69) is 5.32 Å². The van der Waals surface area contributed by atoms with Crippen molar-refractivity contribution in [2.75, 3.05) is 26.9 Å². The van der Waals surface area contributed by atoms with E-state index in [-0.39, 0.29) is 36.4 Å². The Morgan fingerprint density at radius 1 is 0.886 bits per heavy atom. The van der Waals surface area contributed by atoms with Crippen molar-refractivity contribution in [3.8, 4) is 5.75 Å². The number of phenolic OH excluding ortho intramolecular Hbond substituents is 1. The summed E-state index contributed by atoms with van der Waals surface area (Å²) in [5.74, 6) is -1.53. The van der Waals surface area contributed by atoms with Crippen LogP contribution in [-0.2, 0) is 34.6 Å². The van der Waals surface area contributed by atoms with Crippen molar-refractivity contribution in [2.24, 2.45) is 0 Å². The number of phenols is 1. The number of allylic oxidation sites excluding steroid dienone is 2. The van der Waals surface area contributed by atoms with Crippen LogP contribution < -0.4 is 5.32 Å². The average molecular weight is 488 g/mol. The molecule has 0 radical (unpaired) electrons. The van der Waals surface area contributed by atoms with Crippen LogP contribution >= 0.6 is 0 Å². The summed E-state index contributed by atoms with van der Waals surface area (Å²) in [6.45, 7) is 18.0. The Labute approximate surface area is 209 Å². The fraction of sp³-hybridized carbons (Fsp3) is 0.571. The molecule has 0 saturated heterocycles. The van der Waals surface area contributed by atoms with Crippen molar-refractivity contribution in [1.82, 2.24) is 5.32 Å². The Balaban J connectivity index is 2.87. The van der Waals surface area contributed by atoms with Crippen LogP contribution in [0.2, 0.25) is 0 Å². The van der Waals surface area contributed by atoms with E-state index in [4.69, 9.17) is 14.2 Å². The minimum atomic E-state index is -0.729. The van der Waals surface area contributed by atoms with Crippen LogP contribution in [-0.4, -0.2) is 44.0 Å². The van der Waals surface area contributed by atoms with Gasteiger partial charge in [-0.15, -0.1) is 0 Å². The summed E-state index contributed by atoms with van der Waals surface area (Å²) in [5.41, 5.74) is 3.34. The highest BCUT2D eigenvalue weighted by Gasteiger charge is 2.39. The molecule has 194 valence electrons. The molecule has 0 unspecified atom stereocenters. The molecule has 0 spiro atoms. The molecule has 2 N–H and O–H groups in total. The van der Waals surface area contributed by atoms with E-state index in [1.165, 1.54) is 7.11 Å². The van der Waals surface area contributed by atoms with Gasteiger partial charge in [-0.1, -0.05) is 53.7 Å². The van der Waals surface area contributed by atoms with E-state index in [1.54, 1.807) is 20.8 Å². The summed E-state index contributed by atoms with van der Waals surface area (Å²) in [5, 5.41) is 14.4. The zero-order valence-electron chi connectivity index (χ0n) is 22.8. The average Bonchev–Trinajstić information content (AvgIpc) is 2.71. The van der Waals surface area contributed by atoms with Crippen LogP contribution in [0.4, 0.5) is 0 Å². The molecule has 7 nitrogen and oxygen atoms in total. The quantitative estimate of drug-likeness (QED) is 0.414. The Morgan fingerprint density at radius 3 is 1.74 bits per heavy atom. The molecule has 1 aromatic carbocycles. The second-order valence-corrected chi connectivity index (χ2v) is 10.9. The number of methoxy groups -OCH3 is 1. The first-order valence-corrected chi connectivity index (χ1v) is 12.0. The summed E-state index contributed by atoms with van der Waals surface area (Å²) < 4.78 is 15.9. The number of rotatable bonds is 7. The van der Waals surface area contributed by atoms with Gasteiger partial charge in [-0.05, 0) is 48.3 Å². The molecule has 0 fully saturated rings. The van der Waals surface area contributed by atoms with Crippen molar-refractivity contribution in [2.45, 2.75) is 79.1 Å². The van der Waals surface area contributed by atoms with Gasteiger partial charge in [0.1, 0.15) is 12.4 Å². The van der Waals surface area contributed by atoms with Crippen LogP contribution in [0.25, 0.3) is 0 Å². The number of aromatic hydroxyl groups is 1. The lowest BCUT2D eigenvalue weighted by molar-refractivity contribution is -0.140. The number of ether oxygens (including phenoxy) is 3. The van der Waals surface area contributed by atoms with Gasteiger partial charge in [0.15, 0.2) is 0 Å². The third-order valence-corrected chi connectivity index (χ3v) is 6.08. The number of benzene rings is 1. The number of hydrogen-bond donors (Lipinski definition) is 2. The minimum absolute atomic E-state index is 0.0896. The zero-order valence-corrected chi connectivity index (χ0v) is 22.8. The van der Waals surface area contributed by atoms with Crippen molar-refractivity contribution in [1.29, 1.82) is 0 Å². The lowest BCUT2D eigenvalue weighted by Crippen LogP contribution is -2.33. The van der Waals surface area contributed by atoms with Crippen LogP contribution in [0, 0.1) is 0 Å². The molecule has 35 heavy (non-hydrogen) atoms. The van der Waals surface area contributed by atoms with E-state index < -0.39 is 17.9 Å². The first-order valence-electron chi connectivity index (χ1n) is 12.0. The normalized spacial score (nSPS) is 16.8. The lowest BCUT2D eigenvalue weighted by Gasteiger charge is -2.33. The summed E-state index contributed by atoms with van der Waals surface area (Å²) >= 11 is 0. The number of hydrogen-bond acceptors (Lipinski definition) is 7. The van der Waals surface area contributed by atoms with Gasteiger partial charge in [0.2, 0.25) is 0 Å².